The number of amides is 1. The Labute approximate surface area is 171 Å². The summed E-state index contributed by atoms with van der Waals surface area (Å²) in [4.78, 5) is 19.3. The molecule has 2 heterocycles. The molecule has 0 atom stereocenters. The number of nitrogens with zero attached hydrogens (tertiary/aromatic N) is 2. The molecule has 1 saturated heterocycles. The van der Waals surface area contributed by atoms with Crippen LogP contribution in [0.3, 0.4) is 0 Å². The largest absolute Gasteiger partial charge is 0.457 e. The normalized spacial score (nSPS) is 14.4. The van der Waals surface area contributed by atoms with Crippen LogP contribution in [-0.4, -0.2) is 24.0 Å². The van der Waals surface area contributed by atoms with Crippen LogP contribution in [0, 0.1) is 5.92 Å². The molecule has 1 fully saturated rings. The third-order valence-electron chi connectivity index (χ3n) is 5.23. The first-order chi connectivity index (χ1) is 14.2. The number of rotatable bonds is 5. The number of nitrogens with one attached hydrogen (secondary N) is 1. The molecule has 5 heteroatoms. The molecule has 0 spiro atoms. The number of carbonyl (C=O) groups is 1. The van der Waals surface area contributed by atoms with Crippen LogP contribution < -0.4 is 15.0 Å². The molecule has 148 valence electrons. The van der Waals surface area contributed by atoms with Crippen LogP contribution in [0.5, 0.6) is 11.5 Å². The van der Waals surface area contributed by atoms with Gasteiger partial charge in [0.15, 0.2) is 0 Å². The highest BCUT2D eigenvalue weighted by molar-refractivity contribution is 6.04. The Bertz CT molecular complexity index is 949. The van der Waals surface area contributed by atoms with Gasteiger partial charge in [-0.1, -0.05) is 25.1 Å². The number of anilines is 2. The molecule has 1 aliphatic rings. The van der Waals surface area contributed by atoms with Gasteiger partial charge in [-0.05, 0) is 61.2 Å². The van der Waals surface area contributed by atoms with Crippen LogP contribution >= 0.6 is 0 Å². The molecule has 0 aliphatic carbocycles. The second-order valence-electron chi connectivity index (χ2n) is 7.50. The SMILES string of the molecule is CC1CCN(c2cncc(C(=O)Nc3ccc(Oc4ccccc4)cc3)c2)CC1. The monoisotopic (exact) mass is 387 g/mol. The van der Waals surface area contributed by atoms with E-state index < -0.39 is 0 Å². The Hall–Kier alpha value is -3.34. The predicted octanol–water partition coefficient (Wildman–Crippen LogP) is 5.36. The molecule has 0 bridgehead atoms. The van der Waals surface area contributed by atoms with Gasteiger partial charge in [-0.25, -0.2) is 0 Å². The minimum absolute atomic E-state index is 0.165. The molecule has 4 rings (SSSR count). The highest BCUT2D eigenvalue weighted by Gasteiger charge is 2.17. The zero-order chi connectivity index (χ0) is 20.1. The number of hydrogen-bond acceptors (Lipinski definition) is 4. The fraction of sp³-hybridized carbons (Fsp3) is 0.250. The number of ether oxygens (including phenoxy) is 1. The lowest BCUT2D eigenvalue weighted by Crippen LogP contribution is -2.33. The molecule has 0 saturated carbocycles. The maximum Gasteiger partial charge on any atom is 0.257 e. The van der Waals surface area contributed by atoms with E-state index in [9.17, 15) is 4.79 Å². The molecular formula is C24H25N3O2. The number of benzene rings is 2. The Morgan fingerprint density at radius 2 is 1.69 bits per heavy atom. The maximum atomic E-state index is 12.7. The summed E-state index contributed by atoms with van der Waals surface area (Å²) in [6.07, 6.45) is 5.79. The van der Waals surface area contributed by atoms with Gasteiger partial charge in [-0.3, -0.25) is 9.78 Å². The van der Waals surface area contributed by atoms with E-state index in [1.807, 2.05) is 66.9 Å². The van der Waals surface area contributed by atoms with Crippen molar-refractivity contribution in [2.24, 2.45) is 5.92 Å². The summed E-state index contributed by atoms with van der Waals surface area (Å²) in [7, 11) is 0. The van der Waals surface area contributed by atoms with Crippen LogP contribution in [0.25, 0.3) is 0 Å². The highest BCUT2D eigenvalue weighted by Crippen LogP contribution is 2.25. The van der Waals surface area contributed by atoms with Crippen molar-refractivity contribution in [2.45, 2.75) is 19.8 Å². The van der Waals surface area contributed by atoms with Crippen LogP contribution in [0.2, 0.25) is 0 Å². The molecule has 1 aliphatic heterocycles. The molecule has 29 heavy (non-hydrogen) atoms. The zero-order valence-electron chi connectivity index (χ0n) is 16.5. The summed E-state index contributed by atoms with van der Waals surface area (Å²) in [5.41, 5.74) is 2.29. The van der Waals surface area contributed by atoms with Crippen molar-refractivity contribution < 1.29 is 9.53 Å². The lowest BCUT2D eigenvalue weighted by molar-refractivity contribution is 0.102. The fourth-order valence-electron chi connectivity index (χ4n) is 3.43. The number of pyridine rings is 1. The first-order valence-electron chi connectivity index (χ1n) is 10.0. The van der Waals surface area contributed by atoms with Crippen molar-refractivity contribution in [1.82, 2.24) is 4.98 Å². The Balaban J connectivity index is 1.39. The van der Waals surface area contributed by atoms with Gasteiger partial charge in [0.1, 0.15) is 11.5 Å². The standard InChI is InChI=1S/C24H25N3O2/c1-18-11-13-27(14-12-18)21-15-19(16-25-17-21)24(28)26-20-7-9-23(10-8-20)29-22-5-3-2-4-6-22/h2-10,15-18H,11-14H2,1H3,(H,26,28). The molecule has 1 N–H and O–H groups in total. The van der Waals surface area contributed by atoms with Crippen molar-refractivity contribution >= 4 is 17.3 Å². The number of carbonyl (C=O) groups excluding carboxylic acids is 1. The van der Waals surface area contributed by atoms with E-state index in [0.29, 0.717) is 11.3 Å². The van der Waals surface area contributed by atoms with Gasteiger partial charge in [0.25, 0.3) is 5.91 Å². The molecule has 3 aromatic rings. The number of aromatic nitrogens is 1. The minimum atomic E-state index is -0.165. The van der Waals surface area contributed by atoms with Crippen molar-refractivity contribution in [2.75, 3.05) is 23.3 Å². The average molecular weight is 387 g/mol. The molecule has 0 unspecified atom stereocenters. The molecular weight excluding hydrogens is 362 g/mol. The quantitative estimate of drug-likeness (QED) is 0.640. The summed E-state index contributed by atoms with van der Waals surface area (Å²) in [5, 5.41) is 2.93. The van der Waals surface area contributed by atoms with E-state index >= 15 is 0 Å². The van der Waals surface area contributed by atoms with Crippen LogP contribution in [0.15, 0.2) is 73.1 Å². The van der Waals surface area contributed by atoms with Gasteiger partial charge >= 0.3 is 0 Å². The topological polar surface area (TPSA) is 54.5 Å². The number of para-hydroxylation sites is 1. The lowest BCUT2D eigenvalue weighted by atomic mass is 9.99. The third-order valence-corrected chi connectivity index (χ3v) is 5.23. The summed E-state index contributed by atoms with van der Waals surface area (Å²) < 4.78 is 5.79. The van der Waals surface area contributed by atoms with Crippen LogP contribution in [0.1, 0.15) is 30.1 Å². The van der Waals surface area contributed by atoms with Crippen LogP contribution in [0.4, 0.5) is 11.4 Å². The third kappa shape index (κ3) is 4.93. The van der Waals surface area contributed by atoms with Gasteiger partial charge in [0.05, 0.1) is 17.4 Å². The van der Waals surface area contributed by atoms with Crippen molar-refractivity contribution in [3.63, 3.8) is 0 Å². The smallest absolute Gasteiger partial charge is 0.257 e. The first kappa shape index (κ1) is 19.0. The van der Waals surface area contributed by atoms with Gasteiger partial charge in [-0.15, -0.1) is 0 Å². The second-order valence-corrected chi connectivity index (χ2v) is 7.50. The van der Waals surface area contributed by atoms with Crippen molar-refractivity contribution in [3.8, 4) is 11.5 Å². The average Bonchev–Trinajstić information content (AvgIpc) is 2.76. The van der Waals surface area contributed by atoms with Crippen molar-refractivity contribution in [1.29, 1.82) is 0 Å². The lowest BCUT2D eigenvalue weighted by Gasteiger charge is -2.32. The van der Waals surface area contributed by atoms with E-state index in [1.165, 1.54) is 12.8 Å². The molecule has 5 nitrogen and oxygen atoms in total. The summed E-state index contributed by atoms with van der Waals surface area (Å²) in [6, 6.07) is 18.9. The van der Waals surface area contributed by atoms with Gasteiger partial charge in [-0.2, -0.15) is 0 Å². The fourth-order valence-corrected chi connectivity index (χ4v) is 3.43. The van der Waals surface area contributed by atoms with E-state index in [1.54, 1.807) is 6.20 Å². The number of hydrogen-bond donors (Lipinski definition) is 1. The van der Waals surface area contributed by atoms with Gasteiger partial charge < -0.3 is 15.0 Å². The van der Waals surface area contributed by atoms with E-state index in [4.69, 9.17) is 4.74 Å². The zero-order valence-corrected chi connectivity index (χ0v) is 16.5. The van der Waals surface area contributed by atoms with E-state index in [0.717, 1.165) is 36.2 Å². The maximum absolute atomic E-state index is 12.7. The van der Waals surface area contributed by atoms with Crippen molar-refractivity contribution in [3.05, 3.63) is 78.6 Å². The molecule has 1 aromatic heterocycles. The predicted molar refractivity (Wildman–Crippen MR) is 116 cm³/mol. The van der Waals surface area contributed by atoms with Gasteiger partial charge in [0, 0.05) is 25.0 Å². The highest BCUT2D eigenvalue weighted by atomic mass is 16.5. The van der Waals surface area contributed by atoms with E-state index in [2.05, 4.69) is 22.1 Å². The minimum Gasteiger partial charge on any atom is -0.457 e. The molecule has 1 amide bonds. The Morgan fingerprint density at radius 3 is 2.41 bits per heavy atom. The number of piperidine rings is 1. The molecule has 0 radical (unpaired) electrons. The first-order valence-corrected chi connectivity index (χ1v) is 10.0. The van der Waals surface area contributed by atoms with Gasteiger partial charge in [0.2, 0.25) is 0 Å². The second kappa shape index (κ2) is 8.78. The van der Waals surface area contributed by atoms with Crippen LogP contribution in [-0.2, 0) is 0 Å². The summed E-state index contributed by atoms with van der Waals surface area (Å²) in [5.74, 6) is 2.09. The summed E-state index contributed by atoms with van der Waals surface area (Å²) in [6.45, 7) is 4.31. The summed E-state index contributed by atoms with van der Waals surface area (Å²) >= 11 is 0. The molecule has 2 aromatic carbocycles. The Morgan fingerprint density at radius 1 is 1.00 bits per heavy atom. The Kier molecular flexibility index (Phi) is 5.75. The van der Waals surface area contributed by atoms with E-state index in [-0.39, 0.29) is 5.91 Å².